The van der Waals surface area contributed by atoms with Crippen LogP contribution >= 0.6 is 0 Å². The van der Waals surface area contributed by atoms with E-state index in [-0.39, 0.29) is 5.54 Å². The molecule has 0 amide bonds. The van der Waals surface area contributed by atoms with E-state index >= 15 is 0 Å². The van der Waals surface area contributed by atoms with Gasteiger partial charge >= 0.3 is 0 Å². The molecular weight excluding hydrogens is 246 g/mol. The van der Waals surface area contributed by atoms with Crippen molar-refractivity contribution in [1.82, 2.24) is 10.2 Å². The van der Waals surface area contributed by atoms with E-state index in [4.69, 9.17) is 0 Å². The van der Waals surface area contributed by atoms with Gasteiger partial charge < -0.3 is 4.90 Å². The van der Waals surface area contributed by atoms with Gasteiger partial charge in [0.1, 0.15) is 5.54 Å². The van der Waals surface area contributed by atoms with Gasteiger partial charge in [-0.05, 0) is 76.4 Å². The summed E-state index contributed by atoms with van der Waals surface area (Å²) < 4.78 is 0. The molecule has 1 N–H and O–H groups in total. The summed E-state index contributed by atoms with van der Waals surface area (Å²) in [6, 6.07) is 3.31. The number of likely N-dealkylation sites (tertiary alicyclic amines) is 1. The summed E-state index contributed by atoms with van der Waals surface area (Å²) in [6.45, 7) is 6.11. The molecule has 1 aliphatic heterocycles. The topological polar surface area (TPSA) is 39.1 Å². The molecule has 0 aromatic carbocycles. The van der Waals surface area contributed by atoms with Crippen molar-refractivity contribution in [3.05, 3.63) is 0 Å². The predicted octanol–water partition coefficient (Wildman–Crippen LogP) is 2.92. The fraction of sp³-hybridized carbons (Fsp3) is 0.941. The van der Waals surface area contributed by atoms with E-state index in [0.717, 1.165) is 12.3 Å². The van der Waals surface area contributed by atoms with Gasteiger partial charge in [0.15, 0.2) is 0 Å². The molecule has 0 bridgehead atoms. The maximum Gasteiger partial charge on any atom is 0.109 e. The SMILES string of the molecule is CC1CCN(CCC2CCCC2(C#N)NC2CC2)CC1. The molecule has 2 atom stereocenters. The Morgan fingerprint density at radius 2 is 1.95 bits per heavy atom. The Hall–Kier alpha value is -0.590. The number of nitrogens with one attached hydrogen (secondary N) is 1. The van der Waals surface area contributed by atoms with Crippen molar-refractivity contribution in [2.45, 2.75) is 69.9 Å². The van der Waals surface area contributed by atoms with Crippen LogP contribution in [-0.4, -0.2) is 36.1 Å². The lowest BCUT2D eigenvalue weighted by molar-refractivity contribution is 0.170. The molecule has 3 nitrogen and oxygen atoms in total. The van der Waals surface area contributed by atoms with Crippen LogP contribution in [0.5, 0.6) is 0 Å². The highest BCUT2D eigenvalue weighted by Gasteiger charge is 2.45. The van der Waals surface area contributed by atoms with Gasteiger partial charge in [-0.15, -0.1) is 0 Å². The lowest BCUT2D eigenvalue weighted by atomic mass is 9.85. The second-order valence-corrected chi connectivity index (χ2v) is 7.40. The second kappa shape index (κ2) is 6.03. The van der Waals surface area contributed by atoms with Gasteiger partial charge in [0.25, 0.3) is 0 Å². The van der Waals surface area contributed by atoms with Crippen molar-refractivity contribution in [1.29, 1.82) is 5.26 Å². The first-order valence-corrected chi connectivity index (χ1v) is 8.63. The van der Waals surface area contributed by atoms with Gasteiger partial charge in [-0.1, -0.05) is 13.3 Å². The van der Waals surface area contributed by atoms with Gasteiger partial charge in [0, 0.05) is 6.04 Å². The Morgan fingerprint density at radius 3 is 2.60 bits per heavy atom. The van der Waals surface area contributed by atoms with Gasteiger partial charge in [0.2, 0.25) is 0 Å². The number of nitriles is 1. The monoisotopic (exact) mass is 275 g/mol. The molecule has 3 rings (SSSR count). The first-order chi connectivity index (χ1) is 9.72. The molecule has 0 spiro atoms. The lowest BCUT2D eigenvalue weighted by Crippen LogP contribution is -2.49. The highest BCUT2D eigenvalue weighted by Crippen LogP contribution is 2.40. The quantitative estimate of drug-likeness (QED) is 0.838. The molecule has 20 heavy (non-hydrogen) atoms. The van der Waals surface area contributed by atoms with E-state index in [9.17, 15) is 5.26 Å². The minimum Gasteiger partial charge on any atom is -0.303 e. The van der Waals surface area contributed by atoms with E-state index in [1.165, 1.54) is 64.6 Å². The van der Waals surface area contributed by atoms with E-state index in [0.29, 0.717) is 12.0 Å². The molecule has 0 aromatic rings. The average Bonchev–Trinajstić information content (AvgIpc) is 3.18. The van der Waals surface area contributed by atoms with Crippen LogP contribution in [0.3, 0.4) is 0 Å². The summed E-state index contributed by atoms with van der Waals surface area (Å²) in [5, 5.41) is 13.4. The highest BCUT2D eigenvalue weighted by atomic mass is 15.1. The van der Waals surface area contributed by atoms with Gasteiger partial charge in [-0.3, -0.25) is 5.32 Å². The predicted molar refractivity (Wildman–Crippen MR) is 81.3 cm³/mol. The molecule has 1 heterocycles. The first-order valence-electron chi connectivity index (χ1n) is 8.63. The van der Waals surface area contributed by atoms with Gasteiger partial charge in [-0.25, -0.2) is 0 Å². The van der Waals surface area contributed by atoms with Crippen molar-refractivity contribution in [3.8, 4) is 6.07 Å². The molecule has 0 radical (unpaired) electrons. The zero-order valence-corrected chi connectivity index (χ0v) is 12.9. The number of hydrogen-bond acceptors (Lipinski definition) is 3. The summed E-state index contributed by atoms with van der Waals surface area (Å²) >= 11 is 0. The van der Waals surface area contributed by atoms with Crippen LogP contribution in [0.4, 0.5) is 0 Å². The van der Waals surface area contributed by atoms with E-state index < -0.39 is 0 Å². The van der Waals surface area contributed by atoms with E-state index in [1.807, 2.05) is 0 Å². The molecule has 2 unspecified atom stereocenters. The number of hydrogen-bond donors (Lipinski definition) is 1. The molecule has 3 aliphatic rings. The standard InChI is InChI=1S/C17H29N3/c1-14-6-10-20(11-7-14)12-8-15-3-2-9-17(15,13-18)19-16-4-5-16/h14-16,19H,2-12H2,1H3. The molecule has 1 saturated heterocycles. The fourth-order valence-corrected chi connectivity index (χ4v) is 4.05. The third-order valence-electron chi connectivity index (χ3n) is 5.73. The molecule has 0 aromatic heterocycles. The maximum absolute atomic E-state index is 9.71. The summed E-state index contributed by atoms with van der Waals surface area (Å²) in [5.74, 6) is 1.49. The van der Waals surface area contributed by atoms with Crippen molar-refractivity contribution in [2.75, 3.05) is 19.6 Å². The van der Waals surface area contributed by atoms with Crippen molar-refractivity contribution in [3.63, 3.8) is 0 Å². The summed E-state index contributed by atoms with van der Waals surface area (Å²) in [4.78, 5) is 2.62. The van der Waals surface area contributed by atoms with Gasteiger partial charge in [0.05, 0.1) is 6.07 Å². The highest BCUT2D eigenvalue weighted by molar-refractivity contribution is 5.16. The Kier molecular flexibility index (Phi) is 4.33. The maximum atomic E-state index is 9.71. The number of rotatable bonds is 5. The number of piperidine rings is 1. The van der Waals surface area contributed by atoms with Crippen LogP contribution in [0.25, 0.3) is 0 Å². The first kappa shape index (κ1) is 14.4. The minimum absolute atomic E-state index is 0.190. The zero-order valence-electron chi connectivity index (χ0n) is 12.9. The fourth-order valence-electron chi connectivity index (χ4n) is 4.05. The van der Waals surface area contributed by atoms with Crippen LogP contribution in [0.15, 0.2) is 0 Å². The summed E-state index contributed by atoms with van der Waals surface area (Å²) in [5.41, 5.74) is -0.190. The van der Waals surface area contributed by atoms with Crippen LogP contribution in [0.1, 0.15) is 58.3 Å². The summed E-state index contributed by atoms with van der Waals surface area (Å²) in [7, 11) is 0. The minimum atomic E-state index is -0.190. The third kappa shape index (κ3) is 3.18. The van der Waals surface area contributed by atoms with Crippen LogP contribution in [0, 0.1) is 23.2 Å². The molecule has 3 fully saturated rings. The van der Waals surface area contributed by atoms with Crippen molar-refractivity contribution >= 4 is 0 Å². The van der Waals surface area contributed by atoms with Crippen molar-refractivity contribution in [2.24, 2.45) is 11.8 Å². The summed E-state index contributed by atoms with van der Waals surface area (Å²) in [6.07, 6.45) is 10.0. The molecular formula is C17H29N3. The smallest absolute Gasteiger partial charge is 0.109 e. The second-order valence-electron chi connectivity index (χ2n) is 7.40. The third-order valence-corrected chi connectivity index (χ3v) is 5.73. The van der Waals surface area contributed by atoms with Crippen molar-refractivity contribution < 1.29 is 0 Å². The van der Waals surface area contributed by atoms with Crippen LogP contribution in [-0.2, 0) is 0 Å². The lowest BCUT2D eigenvalue weighted by Gasteiger charge is -2.34. The van der Waals surface area contributed by atoms with Gasteiger partial charge in [-0.2, -0.15) is 5.26 Å². The Morgan fingerprint density at radius 1 is 1.20 bits per heavy atom. The molecule has 112 valence electrons. The molecule has 3 heteroatoms. The molecule has 2 aliphatic carbocycles. The van der Waals surface area contributed by atoms with E-state index in [1.54, 1.807) is 0 Å². The average molecular weight is 275 g/mol. The number of nitrogens with zero attached hydrogens (tertiary/aromatic N) is 2. The Labute approximate surface area is 123 Å². The largest absolute Gasteiger partial charge is 0.303 e. The molecule has 2 saturated carbocycles. The Bertz CT molecular complexity index is 363. The van der Waals surface area contributed by atoms with Crippen LogP contribution in [0.2, 0.25) is 0 Å². The normalized spacial score (nSPS) is 36.1. The Balaban J connectivity index is 1.51. The van der Waals surface area contributed by atoms with E-state index in [2.05, 4.69) is 23.2 Å². The zero-order chi connectivity index (χ0) is 14.0. The van der Waals surface area contributed by atoms with Crippen LogP contribution < -0.4 is 5.32 Å².